The highest BCUT2D eigenvalue weighted by molar-refractivity contribution is 5.90. The molecule has 0 fully saturated rings. The summed E-state index contributed by atoms with van der Waals surface area (Å²) in [6.07, 6.45) is 1.75. The molecule has 0 bridgehead atoms. The lowest BCUT2D eigenvalue weighted by atomic mass is 9.77. The van der Waals surface area contributed by atoms with Gasteiger partial charge in [-0.2, -0.15) is 0 Å². The van der Waals surface area contributed by atoms with Crippen molar-refractivity contribution in [3.63, 3.8) is 0 Å². The summed E-state index contributed by atoms with van der Waals surface area (Å²) >= 11 is 0. The van der Waals surface area contributed by atoms with E-state index in [0.717, 1.165) is 33.2 Å². The second kappa shape index (κ2) is 13.0. The third-order valence-corrected chi connectivity index (χ3v) is 8.17. The minimum absolute atomic E-state index is 0.000963. The number of hydrogen-bond acceptors (Lipinski definition) is 6. The van der Waals surface area contributed by atoms with Gasteiger partial charge >= 0.3 is 5.97 Å². The summed E-state index contributed by atoms with van der Waals surface area (Å²) in [6, 6.07) is 41.9. The first kappa shape index (κ1) is 29.5. The molecular formula is C38H33N3O4. The van der Waals surface area contributed by atoms with E-state index in [0.29, 0.717) is 11.6 Å². The van der Waals surface area contributed by atoms with Gasteiger partial charge in [0.2, 0.25) is 5.88 Å². The minimum Gasteiger partial charge on any atom is -0.479 e. The molecule has 224 valence electrons. The van der Waals surface area contributed by atoms with E-state index in [1.54, 1.807) is 13.3 Å². The average molecular weight is 596 g/mol. The summed E-state index contributed by atoms with van der Waals surface area (Å²) in [4.78, 5) is 30.8. The van der Waals surface area contributed by atoms with Crippen molar-refractivity contribution in [2.45, 2.75) is 24.3 Å². The Hall–Kier alpha value is -5.56. The zero-order valence-electron chi connectivity index (χ0n) is 25.2. The van der Waals surface area contributed by atoms with Crippen LogP contribution in [0.25, 0.3) is 10.9 Å². The SMILES string of the molecule is COC(=O)[C@@H](CC(=O)Cc1cc2c(cn1)c(OC)nn2C(c1ccccc1)(c1ccccc1)c1ccccc1)c1ccccc1. The molecule has 6 aromatic rings. The lowest BCUT2D eigenvalue weighted by Gasteiger charge is -2.36. The van der Waals surface area contributed by atoms with Crippen molar-refractivity contribution in [2.75, 3.05) is 14.2 Å². The van der Waals surface area contributed by atoms with Crippen molar-refractivity contribution in [1.82, 2.24) is 14.8 Å². The standard InChI is InChI=1S/C38H33N3O4/c1-44-36-34-26-39-31(23-32(42)25-33(37(43)45-2)27-15-7-3-8-16-27)24-35(34)41(40-36)38(28-17-9-4-10-18-28,29-19-11-5-12-20-29)30-21-13-6-14-22-30/h3-22,24,26,33H,23,25H2,1-2H3/t33-/m0/s1. The quantitative estimate of drug-likeness (QED) is 0.122. The van der Waals surface area contributed by atoms with Crippen LogP contribution in [0.15, 0.2) is 134 Å². The monoisotopic (exact) mass is 595 g/mol. The molecule has 0 saturated heterocycles. The number of ketones is 1. The Kier molecular flexibility index (Phi) is 8.51. The van der Waals surface area contributed by atoms with E-state index in [2.05, 4.69) is 41.4 Å². The molecule has 0 N–H and O–H groups in total. The maximum absolute atomic E-state index is 13.5. The van der Waals surface area contributed by atoms with Crippen LogP contribution in [-0.2, 0) is 26.3 Å². The van der Waals surface area contributed by atoms with Crippen LogP contribution >= 0.6 is 0 Å². The number of benzene rings is 4. The summed E-state index contributed by atoms with van der Waals surface area (Å²) in [6.45, 7) is 0. The van der Waals surface area contributed by atoms with Gasteiger partial charge < -0.3 is 9.47 Å². The number of pyridine rings is 1. The molecule has 0 radical (unpaired) electrons. The highest BCUT2D eigenvalue weighted by Gasteiger charge is 2.41. The molecule has 0 amide bonds. The first-order valence-corrected chi connectivity index (χ1v) is 14.8. The predicted octanol–water partition coefficient (Wildman–Crippen LogP) is 6.74. The molecule has 0 aliphatic heterocycles. The van der Waals surface area contributed by atoms with E-state index in [1.165, 1.54) is 7.11 Å². The number of rotatable bonds is 11. The Morgan fingerprint density at radius 1 is 0.756 bits per heavy atom. The Morgan fingerprint density at radius 3 is 1.76 bits per heavy atom. The minimum atomic E-state index is -0.884. The second-order valence-electron chi connectivity index (χ2n) is 10.8. The molecule has 0 aliphatic carbocycles. The molecule has 0 spiro atoms. The number of carbonyl (C=O) groups is 2. The fraction of sp³-hybridized carbons (Fsp3) is 0.158. The summed E-state index contributed by atoms with van der Waals surface area (Å²) in [7, 11) is 2.93. The molecule has 45 heavy (non-hydrogen) atoms. The van der Waals surface area contributed by atoms with Crippen LogP contribution in [0.1, 0.15) is 40.3 Å². The first-order chi connectivity index (χ1) is 22.1. The highest BCUT2D eigenvalue weighted by atomic mass is 16.5. The summed E-state index contributed by atoms with van der Waals surface area (Å²) in [5, 5.41) is 5.78. The summed E-state index contributed by atoms with van der Waals surface area (Å²) < 4.78 is 12.8. The molecule has 0 aliphatic rings. The first-order valence-electron chi connectivity index (χ1n) is 14.8. The van der Waals surface area contributed by atoms with Crippen LogP contribution < -0.4 is 4.74 Å². The molecule has 0 saturated carbocycles. The van der Waals surface area contributed by atoms with Gasteiger partial charge in [0.15, 0.2) is 0 Å². The van der Waals surface area contributed by atoms with E-state index in [-0.39, 0.29) is 18.6 Å². The molecule has 2 aromatic heterocycles. The normalized spacial score (nSPS) is 12.0. The van der Waals surface area contributed by atoms with Crippen LogP contribution in [-0.4, -0.2) is 40.7 Å². The van der Waals surface area contributed by atoms with Gasteiger partial charge in [-0.05, 0) is 28.3 Å². The number of methoxy groups -OCH3 is 2. The predicted molar refractivity (Wildman–Crippen MR) is 173 cm³/mol. The molecule has 7 nitrogen and oxygen atoms in total. The molecular weight excluding hydrogens is 562 g/mol. The highest BCUT2D eigenvalue weighted by Crippen LogP contribution is 2.43. The van der Waals surface area contributed by atoms with Gasteiger partial charge in [-0.3, -0.25) is 14.6 Å². The molecule has 1 atom stereocenters. The van der Waals surface area contributed by atoms with Crippen molar-refractivity contribution in [2.24, 2.45) is 0 Å². The third-order valence-electron chi connectivity index (χ3n) is 8.17. The maximum Gasteiger partial charge on any atom is 0.313 e. The Labute approximate surface area is 262 Å². The summed E-state index contributed by atoms with van der Waals surface area (Å²) in [5.74, 6) is -0.837. The number of esters is 1. The van der Waals surface area contributed by atoms with Crippen molar-refractivity contribution in [1.29, 1.82) is 0 Å². The number of ether oxygens (including phenoxy) is 2. The molecule has 6 rings (SSSR count). The number of aromatic nitrogens is 3. The van der Waals surface area contributed by atoms with E-state index in [1.807, 2.05) is 95.7 Å². The van der Waals surface area contributed by atoms with Crippen molar-refractivity contribution in [3.8, 4) is 5.88 Å². The average Bonchev–Trinajstić information content (AvgIpc) is 3.47. The zero-order chi connectivity index (χ0) is 31.2. The number of hydrogen-bond donors (Lipinski definition) is 0. The van der Waals surface area contributed by atoms with Crippen molar-refractivity contribution < 1.29 is 19.1 Å². The lowest BCUT2D eigenvalue weighted by Crippen LogP contribution is -2.38. The van der Waals surface area contributed by atoms with Gasteiger partial charge in [0.05, 0.1) is 31.0 Å². The van der Waals surface area contributed by atoms with E-state index < -0.39 is 17.4 Å². The van der Waals surface area contributed by atoms with E-state index in [9.17, 15) is 9.59 Å². The lowest BCUT2D eigenvalue weighted by molar-refractivity contribution is -0.143. The van der Waals surface area contributed by atoms with Gasteiger partial charge in [-0.15, -0.1) is 5.10 Å². The van der Waals surface area contributed by atoms with Gasteiger partial charge in [-0.1, -0.05) is 121 Å². The van der Waals surface area contributed by atoms with E-state index in [4.69, 9.17) is 14.6 Å². The Morgan fingerprint density at radius 2 is 1.27 bits per heavy atom. The van der Waals surface area contributed by atoms with Crippen LogP contribution in [0, 0.1) is 0 Å². The topological polar surface area (TPSA) is 83.3 Å². The van der Waals surface area contributed by atoms with Gasteiger partial charge in [-0.25, -0.2) is 4.68 Å². The van der Waals surface area contributed by atoms with Gasteiger partial charge in [0.1, 0.15) is 11.3 Å². The fourth-order valence-electron chi connectivity index (χ4n) is 6.10. The Balaban J connectivity index is 1.50. The number of fused-ring (bicyclic) bond motifs is 1. The fourth-order valence-corrected chi connectivity index (χ4v) is 6.10. The smallest absolute Gasteiger partial charge is 0.313 e. The molecule has 0 unspecified atom stereocenters. The maximum atomic E-state index is 13.5. The van der Waals surface area contributed by atoms with Crippen molar-refractivity contribution >= 4 is 22.7 Å². The van der Waals surface area contributed by atoms with Crippen molar-refractivity contribution in [3.05, 3.63) is 162 Å². The zero-order valence-corrected chi connectivity index (χ0v) is 25.2. The molecule has 4 aromatic carbocycles. The molecule has 2 heterocycles. The van der Waals surface area contributed by atoms with Crippen LogP contribution in [0.4, 0.5) is 0 Å². The van der Waals surface area contributed by atoms with Gasteiger partial charge in [0, 0.05) is 24.7 Å². The number of Topliss-reactive ketones (excluding diaryl/α,β-unsaturated/α-hetero) is 1. The number of nitrogens with zero attached hydrogens (tertiary/aromatic N) is 3. The summed E-state index contributed by atoms with van der Waals surface area (Å²) in [5.41, 5.74) is 4.20. The number of carbonyl (C=O) groups excluding carboxylic acids is 2. The Bertz CT molecular complexity index is 1810. The van der Waals surface area contributed by atoms with E-state index >= 15 is 0 Å². The van der Waals surface area contributed by atoms with Gasteiger partial charge in [0.25, 0.3) is 0 Å². The second-order valence-corrected chi connectivity index (χ2v) is 10.8. The van der Waals surface area contributed by atoms with Crippen LogP contribution in [0.5, 0.6) is 5.88 Å². The largest absolute Gasteiger partial charge is 0.479 e. The van der Waals surface area contributed by atoms with Crippen LogP contribution in [0.3, 0.4) is 0 Å². The molecule has 7 heteroatoms. The van der Waals surface area contributed by atoms with Crippen LogP contribution in [0.2, 0.25) is 0 Å². The third kappa shape index (κ3) is 5.60.